The zero-order chi connectivity index (χ0) is 35.3. The van der Waals surface area contributed by atoms with E-state index in [1.807, 2.05) is 45.9 Å². The number of rotatable bonds is 12. The number of aryl methyl sites for hydroxylation is 2. The minimum Gasteiger partial charge on any atom is -0.541 e. The van der Waals surface area contributed by atoms with Crippen molar-refractivity contribution in [2.45, 2.75) is 118 Å². The highest BCUT2D eigenvalue weighted by atomic mass is 32.1. The van der Waals surface area contributed by atoms with Crippen LogP contribution in [0.1, 0.15) is 83.4 Å². The molecule has 1 amide bonds. The molecule has 1 saturated heterocycles. The van der Waals surface area contributed by atoms with Crippen LogP contribution in [0.5, 0.6) is 11.5 Å². The molecule has 1 aliphatic heterocycles. The summed E-state index contributed by atoms with van der Waals surface area (Å²) in [4.78, 5) is 23.6. The molecule has 1 aromatic carbocycles. The zero-order valence-electron chi connectivity index (χ0n) is 30.8. The summed E-state index contributed by atoms with van der Waals surface area (Å²) in [5, 5.41) is 6.50. The van der Waals surface area contributed by atoms with E-state index in [0.29, 0.717) is 43.4 Å². The second kappa shape index (κ2) is 15.5. The number of hydrogen-bond acceptors (Lipinski definition) is 10. The third-order valence-electron chi connectivity index (χ3n) is 8.87. The summed E-state index contributed by atoms with van der Waals surface area (Å²) in [7, 11) is -2.32. The number of aromatic nitrogens is 3. The standard InChI is InChI=1S/C36H55N5O5SSi/c1-23-30(29-24(2)41-47-25(29)3)38-33(39-32(23)37-26-17-21-43-22-18-26)27-15-14-16-28(31(27)46-48(10,11)36(7,8)9)44-19-12-13-20-45-34(42)40-35(4,5)6/h14-16,26H,12-13,17-22H2,1-11H3,(H,40,42)(H,37,38,39). The number of para-hydroxylation sites is 1. The van der Waals surface area contributed by atoms with Crippen LogP contribution in [0.3, 0.4) is 0 Å². The third kappa shape index (κ3) is 9.69. The minimum absolute atomic E-state index is 0.0476. The highest BCUT2D eigenvalue weighted by molar-refractivity contribution is 7.06. The molecule has 48 heavy (non-hydrogen) atoms. The number of carbonyl (C=O) groups excluding carboxylic acids is 1. The summed E-state index contributed by atoms with van der Waals surface area (Å²) >= 11 is 1.49. The summed E-state index contributed by atoms with van der Waals surface area (Å²) in [6.07, 6.45) is 2.81. The van der Waals surface area contributed by atoms with Crippen molar-refractivity contribution >= 4 is 31.8 Å². The Hall–Kier alpha value is -3.22. The molecule has 12 heteroatoms. The number of amides is 1. The van der Waals surface area contributed by atoms with Crippen LogP contribution >= 0.6 is 11.5 Å². The fourth-order valence-corrected chi connectivity index (χ4v) is 6.82. The van der Waals surface area contributed by atoms with Crippen molar-refractivity contribution in [1.82, 2.24) is 19.7 Å². The molecule has 2 N–H and O–H groups in total. The first-order valence-corrected chi connectivity index (χ1v) is 20.7. The number of alkyl carbamates (subject to hydrolysis) is 1. The second-order valence-electron chi connectivity index (χ2n) is 15.2. The van der Waals surface area contributed by atoms with Gasteiger partial charge in [0.15, 0.2) is 17.3 Å². The molecular weight excluding hydrogens is 643 g/mol. The largest absolute Gasteiger partial charge is 0.541 e. The van der Waals surface area contributed by atoms with E-state index in [9.17, 15) is 4.79 Å². The Balaban J connectivity index is 1.70. The maximum atomic E-state index is 12.0. The normalized spacial score (nSPS) is 14.5. The molecule has 264 valence electrons. The lowest BCUT2D eigenvalue weighted by molar-refractivity contribution is 0.0903. The first-order chi connectivity index (χ1) is 22.5. The first-order valence-electron chi connectivity index (χ1n) is 17.0. The van der Waals surface area contributed by atoms with Crippen LogP contribution in [0.25, 0.3) is 22.6 Å². The zero-order valence-corrected chi connectivity index (χ0v) is 32.6. The molecule has 1 aliphatic rings. The summed E-state index contributed by atoms with van der Waals surface area (Å²) in [5.41, 5.74) is 4.32. The van der Waals surface area contributed by atoms with Gasteiger partial charge in [0, 0.05) is 40.8 Å². The van der Waals surface area contributed by atoms with E-state index in [0.717, 1.165) is 64.8 Å². The summed E-state index contributed by atoms with van der Waals surface area (Å²) in [6.45, 7) is 25.3. The Labute approximate surface area is 292 Å². The fourth-order valence-electron chi connectivity index (χ4n) is 5.09. The number of nitrogens with one attached hydrogen (secondary N) is 2. The average Bonchev–Trinajstić information content (AvgIpc) is 3.32. The Morgan fingerprint density at radius 1 is 1.02 bits per heavy atom. The van der Waals surface area contributed by atoms with Crippen molar-refractivity contribution in [2.24, 2.45) is 0 Å². The topological polar surface area (TPSA) is 117 Å². The molecule has 10 nitrogen and oxygen atoms in total. The van der Waals surface area contributed by atoms with Crippen LogP contribution < -0.4 is 19.8 Å². The molecule has 2 aromatic heterocycles. The van der Waals surface area contributed by atoms with Gasteiger partial charge in [0.1, 0.15) is 5.82 Å². The SMILES string of the molecule is Cc1nsc(C)c1-c1nc(-c2cccc(OCCCCOC(=O)NC(C)(C)C)c2O[Si](C)(C)C(C)(C)C)nc(NC2CCOCC2)c1C. The number of ether oxygens (including phenoxy) is 3. The number of unbranched alkanes of at least 4 members (excludes halogenated alkanes) is 1. The molecule has 0 atom stereocenters. The highest BCUT2D eigenvalue weighted by Crippen LogP contribution is 2.45. The lowest BCUT2D eigenvalue weighted by Crippen LogP contribution is -2.44. The van der Waals surface area contributed by atoms with Gasteiger partial charge in [0.25, 0.3) is 8.32 Å². The average molecular weight is 698 g/mol. The lowest BCUT2D eigenvalue weighted by atomic mass is 10.0. The quantitative estimate of drug-likeness (QED) is 0.141. The molecule has 0 unspecified atom stereocenters. The van der Waals surface area contributed by atoms with E-state index in [4.69, 9.17) is 28.6 Å². The summed E-state index contributed by atoms with van der Waals surface area (Å²) in [5.74, 6) is 2.70. The van der Waals surface area contributed by atoms with Crippen LogP contribution in [-0.4, -0.2) is 66.8 Å². The van der Waals surface area contributed by atoms with E-state index in [1.165, 1.54) is 11.5 Å². The summed E-state index contributed by atoms with van der Waals surface area (Å²) < 4.78 is 29.1. The van der Waals surface area contributed by atoms with Gasteiger partial charge in [-0.05, 0) is 109 Å². The molecule has 3 aromatic rings. The molecule has 0 spiro atoms. The van der Waals surface area contributed by atoms with Crippen LogP contribution in [0.15, 0.2) is 18.2 Å². The fraction of sp³-hybridized carbons (Fsp3) is 0.611. The van der Waals surface area contributed by atoms with Gasteiger partial charge in [0.2, 0.25) is 0 Å². The molecule has 0 saturated carbocycles. The predicted octanol–water partition coefficient (Wildman–Crippen LogP) is 8.85. The van der Waals surface area contributed by atoms with Crippen LogP contribution in [0, 0.1) is 20.8 Å². The van der Waals surface area contributed by atoms with E-state index in [1.54, 1.807) is 0 Å². The monoisotopic (exact) mass is 697 g/mol. The van der Waals surface area contributed by atoms with E-state index in [-0.39, 0.29) is 16.6 Å². The third-order valence-corrected chi connectivity index (χ3v) is 14.0. The van der Waals surface area contributed by atoms with Gasteiger partial charge in [-0.1, -0.05) is 26.8 Å². The van der Waals surface area contributed by atoms with Gasteiger partial charge in [-0.2, -0.15) is 4.37 Å². The molecule has 0 radical (unpaired) electrons. The van der Waals surface area contributed by atoms with Gasteiger partial charge >= 0.3 is 6.09 Å². The Kier molecular flexibility index (Phi) is 12.2. The molecule has 0 aliphatic carbocycles. The Bertz CT molecular complexity index is 1540. The predicted molar refractivity (Wildman–Crippen MR) is 197 cm³/mol. The van der Waals surface area contributed by atoms with Crippen molar-refractivity contribution in [3.63, 3.8) is 0 Å². The molecule has 3 heterocycles. The van der Waals surface area contributed by atoms with Crippen molar-refractivity contribution < 1.29 is 23.4 Å². The maximum Gasteiger partial charge on any atom is 0.407 e. The number of nitrogens with zero attached hydrogens (tertiary/aromatic N) is 3. The molecule has 4 rings (SSSR count). The first kappa shape index (κ1) is 37.6. The van der Waals surface area contributed by atoms with Gasteiger partial charge in [-0.3, -0.25) is 0 Å². The van der Waals surface area contributed by atoms with Gasteiger partial charge < -0.3 is 29.3 Å². The van der Waals surface area contributed by atoms with E-state index >= 15 is 0 Å². The Morgan fingerprint density at radius 2 is 1.71 bits per heavy atom. The van der Waals surface area contributed by atoms with Crippen molar-refractivity contribution in [1.29, 1.82) is 0 Å². The van der Waals surface area contributed by atoms with Crippen LogP contribution in [0.4, 0.5) is 10.6 Å². The van der Waals surface area contributed by atoms with Gasteiger partial charge in [0.05, 0.1) is 30.2 Å². The van der Waals surface area contributed by atoms with Crippen molar-refractivity contribution in [3.8, 4) is 34.1 Å². The number of carbonyl (C=O) groups is 1. The van der Waals surface area contributed by atoms with Gasteiger partial charge in [-0.25, -0.2) is 14.8 Å². The van der Waals surface area contributed by atoms with E-state index < -0.39 is 14.4 Å². The Morgan fingerprint density at radius 3 is 2.33 bits per heavy atom. The summed E-state index contributed by atoms with van der Waals surface area (Å²) in [6, 6.07) is 6.21. The number of benzene rings is 1. The number of hydrogen-bond donors (Lipinski definition) is 2. The van der Waals surface area contributed by atoms with E-state index in [2.05, 4.69) is 62.7 Å². The van der Waals surface area contributed by atoms with Crippen LogP contribution in [-0.2, 0) is 9.47 Å². The van der Waals surface area contributed by atoms with Crippen molar-refractivity contribution in [3.05, 3.63) is 34.3 Å². The minimum atomic E-state index is -2.32. The highest BCUT2D eigenvalue weighted by Gasteiger charge is 2.40. The molecule has 0 bridgehead atoms. The lowest BCUT2D eigenvalue weighted by Gasteiger charge is -2.37. The van der Waals surface area contributed by atoms with Crippen molar-refractivity contribution in [2.75, 3.05) is 31.7 Å². The van der Waals surface area contributed by atoms with Crippen LogP contribution in [0.2, 0.25) is 18.1 Å². The number of anilines is 1. The maximum absolute atomic E-state index is 12.0. The van der Waals surface area contributed by atoms with Gasteiger partial charge in [-0.15, -0.1) is 0 Å². The molecular formula is C36H55N5O5SSi. The smallest absolute Gasteiger partial charge is 0.407 e. The second-order valence-corrected chi connectivity index (χ2v) is 20.9. The molecule has 1 fully saturated rings.